The summed E-state index contributed by atoms with van der Waals surface area (Å²) in [4.78, 5) is 29.3. The van der Waals surface area contributed by atoms with Crippen LogP contribution in [0.4, 0.5) is 10.1 Å². The first-order chi connectivity index (χ1) is 9.09. The molecule has 1 aliphatic rings. The molecule has 3 rings (SSSR count). The fourth-order valence-corrected chi connectivity index (χ4v) is 2.68. The lowest BCUT2D eigenvalue weighted by molar-refractivity contribution is 0.0926. The second kappa shape index (κ2) is 4.37. The molecule has 0 radical (unpaired) electrons. The molecule has 0 unspecified atom stereocenters. The monoisotopic (exact) mass is 368 g/mol. The van der Waals surface area contributed by atoms with Gasteiger partial charge in [0.2, 0.25) is 0 Å². The molecular weight excluding hydrogens is 362 g/mol. The summed E-state index contributed by atoms with van der Waals surface area (Å²) < 4.78 is 13.6. The normalized spacial score (nSPS) is 13.9. The van der Waals surface area contributed by atoms with Crippen LogP contribution in [0.5, 0.6) is 0 Å². The Bertz CT molecular complexity index is 683. The molecule has 6 heteroatoms. The molecule has 0 saturated heterocycles. The van der Waals surface area contributed by atoms with E-state index in [9.17, 15) is 14.0 Å². The Labute approximate surface area is 121 Å². The van der Waals surface area contributed by atoms with E-state index in [4.69, 9.17) is 0 Å². The van der Waals surface area contributed by atoms with Crippen molar-refractivity contribution in [2.75, 3.05) is 4.90 Å². The highest BCUT2D eigenvalue weighted by atomic mass is 127. The number of fused-ring (bicyclic) bond motifs is 1. The zero-order valence-electron chi connectivity index (χ0n) is 9.43. The van der Waals surface area contributed by atoms with Crippen molar-refractivity contribution in [1.29, 1.82) is 0 Å². The lowest BCUT2D eigenvalue weighted by atomic mass is 10.2. The highest BCUT2D eigenvalue weighted by Crippen LogP contribution is 2.31. The number of rotatable bonds is 1. The number of carbonyl (C=O) groups is 2. The van der Waals surface area contributed by atoms with Crippen LogP contribution in [0.25, 0.3) is 0 Å². The first-order valence-electron chi connectivity index (χ1n) is 5.37. The van der Waals surface area contributed by atoms with Crippen LogP contribution in [-0.2, 0) is 0 Å². The summed E-state index contributed by atoms with van der Waals surface area (Å²) in [6.07, 6.45) is 2.83. The Morgan fingerprint density at radius 2 is 1.84 bits per heavy atom. The molecule has 0 fully saturated rings. The number of aromatic nitrogens is 1. The van der Waals surface area contributed by atoms with Crippen LogP contribution in [0.2, 0.25) is 0 Å². The van der Waals surface area contributed by atoms with E-state index in [0.29, 0.717) is 14.8 Å². The minimum Gasteiger partial charge on any atom is -0.268 e. The molecule has 0 spiro atoms. The molecule has 1 aromatic heterocycles. The molecule has 1 aliphatic heterocycles. The van der Waals surface area contributed by atoms with Crippen molar-refractivity contribution >= 4 is 40.1 Å². The Hall–Kier alpha value is -1.83. The molecule has 2 aromatic rings. The summed E-state index contributed by atoms with van der Waals surface area (Å²) in [5.74, 6) is -1.25. The smallest absolute Gasteiger partial charge is 0.267 e. The van der Waals surface area contributed by atoms with E-state index in [1.807, 2.05) is 22.6 Å². The number of pyridine rings is 1. The molecule has 0 saturated carbocycles. The van der Waals surface area contributed by atoms with Crippen LogP contribution in [0.15, 0.2) is 36.7 Å². The maximum Gasteiger partial charge on any atom is 0.267 e. The lowest BCUT2D eigenvalue weighted by Crippen LogP contribution is -2.30. The van der Waals surface area contributed by atoms with Crippen LogP contribution < -0.4 is 4.90 Å². The van der Waals surface area contributed by atoms with E-state index in [2.05, 4.69) is 4.98 Å². The average molecular weight is 368 g/mol. The third-order valence-electron chi connectivity index (χ3n) is 2.84. The topological polar surface area (TPSA) is 50.3 Å². The number of hydrogen-bond acceptors (Lipinski definition) is 3. The van der Waals surface area contributed by atoms with Crippen LogP contribution in [0.1, 0.15) is 20.7 Å². The van der Waals surface area contributed by atoms with E-state index in [1.54, 1.807) is 0 Å². The fourth-order valence-electron chi connectivity index (χ4n) is 1.97. The zero-order chi connectivity index (χ0) is 13.6. The second-order valence-electron chi connectivity index (χ2n) is 3.96. The predicted octanol–water partition coefficient (Wildman–Crippen LogP) is 2.63. The van der Waals surface area contributed by atoms with Crippen molar-refractivity contribution < 1.29 is 14.0 Å². The van der Waals surface area contributed by atoms with Gasteiger partial charge in [-0.2, -0.15) is 0 Å². The molecule has 2 amide bonds. The molecule has 0 bridgehead atoms. The van der Waals surface area contributed by atoms with Crippen molar-refractivity contribution in [3.05, 3.63) is 57.2 Å². The summed E-state index contributed by atoms with van der Waals surface area (Å²) in [5, 5.41) is 0. The van der Waals surface area contributed by atoms with Crippen LogP contribution >= 0.6 is 22.6 Å². The summed E-state index contributed by atoms with van der Waals surface area (Å²) in [5.41, 5.74) is 0.973. The van der Waals surface area contributed by atoms with E-state index < -0.39 is 17.6 Å². The summed E-state index contributed by atoms with van der Waals surface area (Å²) in [6.45, 7) is 0. The Kier molecular flexibility index (Phi) is 2.81. The van der Waals surface area contributed by atoms with Gasteiger partial charge in [-0.3, -0.25) is 14.6 Å². The van der Waals surface area contributed by atoms with E-state index in [-0.39, 0.29) is 5.56 Å². The number of anilines is 1. The number of amides is 2. The van der Waals surface area contributed by atoms with Gasteiger partial charge in [-0.1, -0.05) is 0 Å². The van der Waals surface area contributed by atoms with Gasteiger partial charge in [0.1, 0.15) is 5.82 Å². The average Bonchev–Trinajstić information content (AvgIpc) is 2.64. The zero-order valence-corrected chi connectivity index (χ0v) is 11.6. The SMILES string of the molecule is O=C1c2ccncc2C(=O)N1c1ccc(F)cc1I. The Morgan fingerprint density at radius 3 is 2.53 bits per heavy atom. The van der Waals surface area contributed by atoms with Gasteiger partial charge in [-0.25, -0.2) is 9.29 Å². The molecule has 0 atom stereocenters. The minimum atomic E-state index is -0.433. The summed E-state index contributed by atoms with van der Waals surface area (Å²) in [7, 11) is 0. The number of imide groups is 1. The largest absolute Gasteiger partial charge is 0.268 e. The highest BCUT2D eigenvalue weighted by Gasteiger charge is 2.37. The van der Waals surface area contributed by atoms with Gasteiger partial charge in [-0.15, -0.1) is 0 Å². The summed E-state index contributed by atoms with van der Waals surface area (Å²) >= 11 is 1.89. The number of nitrogens with zero attached hydrogens (tertiary/aromatic N) is 2. The Balaban J connectivity index is 2.14. The van der Waals surface area contributed by atoms with E-state index in [0.717, 1.165) is 4.90 Å². The van der Waals surface area contributed by atoms with Gasteiger partial charge in [0.15, 0.2) is 0 Å². The van der Waals surface area contributed by atoms with Gasteiger partial charge in [0, 0.05) is 16.0 Å². The number of carbonyl (C=O) groups excluding carboxylic acids is 2. The van der Waals surface area contributed by atoms with Crippen LogP contribution in [0, 0.1) is 9.39 Å². The lowest BCUT2D eigenvalue weighted by Gasteiger charge is -2.15. The predicted molar refractivity (Wildman–Crippen MR) is 74.5 cm³/mol. The molecule has 94 valence electrons. The molecular formula is C13H6FIN2O2. The third kappa shape index (κ3) is 1.83. The van der Waals surface area contributed by atoms with Crippen molar-refractivity contribution in [3.8, 4) is 0 Å². The molecule has 2 heterocycles. The second-order valence-corrected chi connectivity index (χ2v) is 5.12. The van der Waals surface area contributed by atoms with E-state index >= 15 is 0 Å². The van der Waals surface area contributed by atoms with Crippen LogP contribution in [-0.4, -0.2) is 16.8 Å². The van der Waals surface area contributed by atoms with Gasteiger partial charge >= 0.3 is 0 Å². The maximum atomic E-state index is 13.1. The maximum absolute atomic E-state index is 13.1. The molecule has 4 nitrogen and oxygen atoms in total. The van der Waals surface area contributed by atoms with Crippen molar-refractivity contribution in [2.24, 2.45) is 0 Å². The third-order valence-corrected chi connectivity index (χ3v) is 3.70. The molecule has 1 aromatic carbocycles. The molecule has 19 heavy (non-hydrogen) atoms. The van der Waals surface area contributed by atoms with Crippen molar-refractivity contribution in [3.63, 3.8) is 0 Å². The number of halogens is 2. The van der Waals surface area contributed by atoms with E-state index in [1.165, 1.54) is 36.7 Å². The van der Waals surface area contributed by atoms with Crippen molar-refractivity contribution in [2.45, 2.75) is 0 Å². The number of benzene rings is 1. The minimum absolute atomic E-state index is 0.271. The van der Waals surface area contributed by atoms with Gasteiger partial charge in [0.05, 0.1) is 16.8 Å². The summed E-state index contributed by atoms with van der Waals surface area (Å²) in [6, 6.07) is 5.43. The quantitative estimate of drug-likeness (QED) is 0.575. The van der Waals surface area contributed by atoms with Crippen molar-refractivity contribution in [1.82, 2.24) is 4.98 Å². The number of hydrogen-bond donors (Lipinski definition) is 0. The van der Waals surface area contributed by atoms with Gasteiger partial charge in [0.25, 0.3) is 11.8 Å². The molecule has 0 N–H and O–H groups in total. The van der Waals surface area contributed by atoms with Gasteiger partial charge in [-0.05, 0) is 46.9 Å². The fraction of sp³-hybridized carbons (Fsp3) is 0. The Morgan fingerprint density at radius 1 is 1.11 bits per heavy atom. The highest BCUT2D eigenvalue weighted by molar-refractivity contribution is 14.1. The molecule has 0 aliphatic carbocycles. The first kappa shape index (κ1) is 12.2. The van der Waals surface area contributed by atoms with Crippen LogP contribution in [0.3, 0.4) is 0 Å². The van der Waals surface area contributed by atoms with Gasteiger partial charge < -0.3 is 0 Å². The standard InChI is InChI=1S/C13H6FIN2O2/c14-7-1-2-11(10(15)5-7)17-12(18)8-3-4-16-6-9(8)13(17)19/h1-6H. The first-order valence-corrected chi connectivity index (χ1v) is 6.45.